The first-order valence-electron chi connectivity index (χ1n) is 4.02. The molecule has 74 valence electrons. The largest absolute Gasteiger partial charge is 0.393 e. The van der Waals surface area contributed by atoms with Crippen molar-refractivity contribution in [1.29, 1.82) is 0 Å². The molecule has 0 saturated carbocycles. The minimum absolute atomic E-state index is 0.101. The maximum Gasteiger partial charge on any atom is 0.100 e. The van der Waals surface area contributed by atoms with Gasteiger partial charge in [0.1, 0.15) is 6.17 Å². The molecule has 0 spiro atoms. The summed E-state index contributed by atoms with van der Waals surface area (Å²) in [6.45, 7) is 6.49. The second-order valence-corrected chi connectivity index (χ2v) is 1.64. The van der Waals surface area contributed by atoms with Gasteiger partial charge in [-0.25, -0.2) is 5.53 Å². The van der Waals surface area contributed by atoms with Crippen LogP contribution in [0.4, 0.5) is 0 Å². The number of aliphatic hydroxyl groups excluding tert-OH is 1. The lowest BCUT2D eigenvalue weighted by molar-refractivity contribution is 0.207. The van der Waals surface area contributed by atoms with Crippen molar-refractivity contribution in [3.63, 3.8) is 0 Å². The number of aliphatic hydroxyl groups is 1. The summed E-state index contributed by atoms with van der Waals surface area (Å²) in [6.07, 6.45) is -0.331. The lowest BCUT2D eigenvalue weighted by atomic mass is 10.5. The summed E-state index contributed by atoms with van der Waals surface area (Å²) in [5.41, 5.74) is 4.41. The fraction of sp³-hybridized carbons (Fsp3) is 1.00. The monoisotopic (exact) mass is 178 g/mol. The first-order valence-corrected chi connectivity index (χ1v) is 4.02. The van der Waals surface area contributed by atoms with Gasteiger partial charge in [0.15, 0.2) is 0 Å². The fourth-order valence-electron chi connectivity index (χ4n) is 0.512. The van der Waals surface area contributed by atoms with Gasteiger partial charge in [-0.1, -0.05) is 20.8 Å². The number of hydrogen-bond donors (Lipinski definition) is 4. The van der Waals surface area contributed by atoms with Gasteiger partial charge in [-0.15, -0.1) is 4.91 Å². The minimum atomic E-state index is -0.331. The van der Waals surface area contributed by atoms with Gasteiger partial charge in [-0.05, 0) is 6.54 Å². The van der Waals surface area contributed by atoms with Crippen LogP contribution in [-0.2, 0) is 0 Å². The van der Waals surface area contributed by atoms with E-state index >= 15 is 0 Å². The van der Waals surface area contributed by atoms with Crippen molar-refractivity contribution >= 4 is 0 Å². The van der Waals surface area contributed by atoms with Crippen molar-refractivity contribution in [3.8, 4) is 0 Å². The second kappa shape index (κ2) is 12.9. The normalized spacial score (nSPS) is 11.0. The molecule has 0 heterocycles. The van der Waals surface area contributed by atoms with Crippen molar-refractivity contribution in [3.05, 3.63) is 4.91 Å². The van der Waals surface area contributed by atoms with Gasteiger partial charge in [0.05, 0.1) is 11.9 Å². The van der Waals surface area contributed by atoms with E-state index in [1.807, 2.05) is 26.3 Å². The Bertz CT molecular complexity index is 91.6. The molecular formula is C6H18N4O2. The highest BCUT2D eigenvalue weighted by Crippen LogP contribution is 1.70. The predicted octanol–water partition coefficient (Wildman–Crippen LogP) is -0.284. The average Bonchev–Trinajstić information content (AvgIpc) is 2.15. The molecule has 6 heteroatoms. The van der Waals surface area contributed by atoms with Crippen LogP contribution in [0.2, 0.25) is 0 Å². The molecule has 0 aliphatic carbocycles. The maximum atomic E-state index is 9.50. The molecule has 0 bridgehead atoms. The quantitative estimate of drug-likeness (QED) is 0.255. The van der Waals surface area contributed by atoms with Gasteiger partial charge >= 0.3 is 0 Å². The standard InChI is InChI=1S/C4H12N4O2.C2H6/c1-2-5-4(3-9)6-7-8-10;1-2/h4-5,9H,2-3H2,1H3,(H,6,8)(H,7,10);1-2H3. The number of hydrazine groups is 1. The summed E-state index contributed by atoms with van der Waals surface area (Å²) < 4.78 is 0. The average molecular weight is 178 g/mol. The first kappa shape index (κ1) is 13.8. The van der Waals surface area contributed by atoms with Crippen molar-refractivity contribution in [2.75, 3.05) is 13.2 Å². The Kier molecular flexibility index (Phi) is 14.9. The molecular weight excluding hydrogens is 160 g/mol. The summed E-state index contributed by atoms with van der Waals surface area (Å²) in [5, 5.41) is 13.8. The van der Waals surface area contributed by atoms with Crippen LogP contribution in [0.1, 0.15) is 20.8 Å². The van der Waals surface area contributed by atoms with Gasteiger partial charge in [-0.3, -0.25) is 5.32 Å². The molecule has 1 atom stereocenters. The zero-order chi connectivity index (χ0) is 9.82. The van der Waals surface area contributed by atoms with Crippen LogP contribution in [0, 0.1) is 4.91 Å². The zero-order valence-electron chi connectivity index (χ0n) is 7.79. The van der Waals surface area contributed by atoms with E-state index in [4.69, 9.17) is 5.11 Å². The third kappa shape index (κ3) is 9.28. The molecule has 0 aliphatic rings. The number of nitrogens with one attached hydrogen (secondary N) is 3. The Morgan fingerprint density at radius 2 is 2.08 bits per heavy atom. The maximum absolute atomic E-state index is 9.50. The minimum Gasteiger partial charge on any atom is -0.393 e. The first-order chi connectivity index (χ1) is 5.85. The number of rotatable bonds is 6. The summed E-state index contributed by atoms with van der Waals surface area (Å²) in [6, 6.07) is 0. The lowest BCUT2D eigenvalue weighted by Gasteiger charge is -2.13. The SMILES string of the molecule is CC.CCNC(CO)NNN=O. The highest BCUT2D eigenvalue weighted by molar-refractivity contribution is 4.56. The highest BCUT2D eigenvalue weighted by Gasteiger charge is 2.01. The van der Waals surface area contributed by atoms with Crippen LogP contribution in [0.25, 0.3) is 0 Å². The molecule has 12 heavy (non-hydrogen) atoms. The van der Waals surface area contributed by atoms with Crippen molar-refractivity contribution in [2.24, 2.45) is 5.29 Å². The van der Waals surface area contributed by atoms with Crippen molar-refractivity contribution < 1.29 is 5.11 Å². The molecule has 0 aromatic carbocycles. The molecule has 0 aliphatic heterocycles. The summed E-state index contributed by atoms with van der Waals surface area (Å²) in [4.78, 5) is 9.50. The molecule has 0 rings (SSSR count). The topological polar surface area (TPSA) is 85.8 Å². The van der Waals surface area contributed by atoms with Crippen LogP contribution in [0.3, 0.4) is 0 Å². The van der Waals surface area contributed by atoms with E-state index in [0.717, 1.165) is 0 Å². The van der Waals surface area contributed by atoms with E-state index in [-0.39, 0.29) is 12.8 Å². The van der Waals surface area contributed by atoms with E-state index in [1.165, 1.54) is 0 Å². The molecule has 0 saturated heterocycles. The lowest BCUT2D eigenvalue weighted by Crippen LogP contribution is -2.49. The zero-order valence-corrected chi connectivity index (χ0v) is 7.79. The summed E-state index contributed by atoms with van der Waals surface area (Å²) in [5.74, 6) is 0. The molecule has 0 amide bonds. The smallest absolute Gasteiger partial charge is 0.100 e. The van der Waals surface area contributed by atoms with Crippen molar-refractivity contribution in [1.82, 2.24) is 16.3 Å². The third-order valence-corrected chi connectivity index (χ3v) is 0.918. The second-order valence-electron chi connectivity index (χ2n) is 1.64. The van der Waals surface area contributed by atoms with Gasteiger partial charge in [0.25, 0.3) is 0 Å². The Morgan fingerprint density at radius 3 is 2.42 bits per heavy atom. The van der Waals surface area contributed by atoms with E-state index in [9.17, 15) is 4.91 Å². The van der Waals surface area contributed by atoms with Crippen molar-refractivity contribution in [2.45, 2.75) is 26.9 Å². The summed E-state index contributed by atoms with van der Waals surface area (Å²) >= 11 is 0. The Balaban J connectivity index is 0. The number of hydrogen-bond acceptors (Lipinski definition) is 5. The molecule has 6 nitrogen and oxygen atoms in total. The van der Waals surface area contributed by atoms with Crippen LogP contribution >= 0.6 is 0 Å². The van der Waals surface area contributed by atoms with E-state index in [1.54, 1.807) is 0 Å². The van der Waals surface area contributed by atoms with E-state index in [2.05, 4.69) is 16.0 Å². The molecule has 1 unspecified atom stereocenters. The van der Waals surface area contributed by atoms with Crippen LogP contribution in [0.5, 0.6) is 0 Å². The molecule has 0 radical (unpaired) electrons. The van der Waals surface area contributed by atoms with Gasteiger partial charge in [-0.2, -0.15) is 5.43 Å². The number of nitroso groups, excluding NO2 is 1. The Hall–Kier alpha value is -0.720. The fourth-order valence-corrected chi connectivity index (χ4v) is 0.512. The van der Waals surface area contributed by atoms with Crippen LogP contribution in [-0.4, -0.2) is 24.4 Å². The van der Waals surface area contributed by atoms with Gasteiger partial charge in [0.2, 0.25) is 0 Å². The Labute approximate surface area is 72.6 Å². The number of likely N-dealkylation sites (N-methyl/N-ethyl adjacent to an activating group) is 1. The van der Waals surface area contributed by atoms with Gasteiger partial charge in [0, 0.05) is 0 Å². The molecule has 0 aromatic rings. The van der Waals surface area contributed by atoms with Crippen LogP contribution < -0.4 is 16.3 Å². The Morgan fingerprint density at radius 1 is 1.50 bits per heavy atom. The molecule has 0 aromatic heterocycles. The van der Waals surface area contributed by atoms with E-state index < -0.39 is 0 Å². The third-order valence-electron chi connectivity index (χ3n) is 0.918. The summed E-state index contributed by atoms with van der Waals surface area (Å²) in [7, 11) is 0. The van der Waals surface area contributed by atoms with Crippen LogP contribution in [0.15, 0.2) is 5.29 Å². The molecule has 4 N–H and O–H groups in total. The van der Waals surface area contributed by atoms with Gasteiger partial charge < -0.3 is 5.11 Å². The predicted molar refractivity (Wildman–Crippen MR) is 48.0 cm³/mol. The highest BCUT2D eigenvalue weighted by atomic mass is 16.3. The van der Waals surface area contributed by atoms with E-state index in [0.29, 0.717) is 6.54 Å². The number of nitrogens with zero attached hydrogens (tertiary/aromatic N) is 1. The molecule has 0 fully saturated rings.